The van der Waals surface area contributed by atoms with Crippen molar-refractivity contribution in [1.82, 2.24) is 15.5 Å². The van der Waals surface area contributed by atoms with Crippen molar-refractivity contribution >= 4 is 11.8 Å². The molecule has 8 heteroatoms. The van der Waals surface area contributed by atoms with Gasteiger partial charge in [0.05, 0.1) is 26.9 Å². The number of methoxy groups -OCH3 is 1. The van der Waals surface area contributed by atoms with Gasteiger partial charge in [-0.25, -0.2) is 0 Å². The third kappa shape index (κ3) is 6.00. The lowest BCUT2D eigenvalue weighted by Crippen LogP contribution is -2.50. The number of ether oxygens (including phenoxy) is 2. The van der Waals surface area contributed by atoms with E-state index in [1.54, 1.807) is 24.3 Å². The monoisotopic (exact) mass is 351 g/mol. The minimum Gasteiger partial charge on any atom is -0.497 e. The van der Waals surface area contributed by atoms with Crippen molar-refractivity contribution in [2.24, 2.45) is 0 Å². The maximum atomic E-state index is 12.2. The van der Waals surface area contributed by atoms with Crippen LogP contribution in [0.3, 0.4) is 0 Å². The Balaban J connectivity index is 1.81. The molecule has 25 heavy (non-hydrogen) atoms. The second-order valence-electron chi connectivity index (χ2n) is 5.69. The number of carbonyl (C=O) groups excluding carboxylic acids is 2. The van der Waals surface area contributed by atoms with Gasteiger partial charge in [-0.05, 0) is 18.2 Å². The normalized spacial score (nSPS) is 16.1. The lowest BCUT2D eigenvalue weighted by Gasteiger charge is -2.26. The molecule has 0 bridgehead atoms. The van der Waals surface area contributed by atoms with Crippen LogP contribution in [0.15, 0.2) is 24.3 Å². The van der Waals surface area contributed by atoms with Crippen molar-refractivity contribution in [1.29, 1.82) is 0 Å². The van der Waals surface area contributed by atoms with Gasteiger partial charge in [0, 0.05) is 31.7 Å². The summed E-state index contributed by atoms with van der Waals surface area (Å²) in [6, 6.07) is 5.59. The van der Waals surface area contributed by atoms with Crippen molar-refractivity contribution in [2.45, 2.75) is 6.04 Å². The first kappa shape index (κ1) is 19.2. The zero-order chi connectivity index (χ0) is 18.1. The highest BCUT2D eigenvalue weighted by atomic mass is 16.5. The fraction of sp³-hybridized carbons (Fsp3) is 0.529. The fourth-order valence-electron chi connectivity index (χ4n) is 2.49. The van der Waals surface area contributed by atoms with Crippen molar-refractivity contribution < 1.29 is 24.2 Å². The molecule has 0 saturated carbocycles. The van der Waals surface area contributed by atoms with Crippen LogP contribution in [-0.4, -0.2) is 81.0 Å². The van der Waals surface area contributed by atoms with Gasteiger partial charge >= 0.3 is 0 Å². The molecule has 0 aromatic heterocycles. The average Bonchev–Trinajstić information content (AvgIpc) is 2.66. The average molecular weight is 351 g/mol. The van der Waals surface area contributed by atoms with Crippen LogP contribution in [-0.2, 0) is 9.53 Å². The second kappa shape index (κ2) is 9.97. The third-order valence-corrected chi connectivity index (χ3v) is 3.97. The zero-order valence-electron chi connectivity index (χ0n) is 14.4. The fourth-order valence-corrected chi connectivity index (χ4v) is 2.49. The number of carbonyl (C=O) groups is 2. The summed E-state index contributed by atoms with van der Waals surface area (Å²) in [6.45, 7) is 3.76. The summed E-state index contributed by atoms with van der Waals surface area (Å²) in [6.07, 6.45) is 0. The van der Waals surface area contributed by atoms with Gasteiger partial charge in [-0.15, -0.1) is 0 Å². The van der Waals surface area contributed by atoms with E-state index < -0.39 is 24.5 Å². The van der Waals surface area contributed by atoms with Crippen molar-refractivity contribution in [3.05, 3.63) is 29.8 Å². The molecule has 1 atom stereocenters. The van der Waals surface area contributed by atoms with E-state index in [-0.39, 0.29) is 0 Å². The van der Waals surface area contributed by atoms with Crippen LogP contribution in [0, 0.1) is 0 Å². The summed E-state index contributed by atoms with van der Waals surface area (Å²) in [7, 11) is 1.51. The first-order chi connectivity index (χ1) is 12.1. The quantitative estimate of drug-likeness (QED) is 0.569. The van der Waals surface area contributed by atoms with Gasteiger partial charge in [0.1, 0.15) is 11.8 Å². The Kier molecular flexibility index (Phi) is 7.65. The summed E-state index contributed by atoms with van der Waals surface area (Å²) >= 11 is 0. The zero-order valence-corrected chi connectivity index (χ0v) is 14.4. The van der Waals surface area contributed by atoms with Crippen molar-refractivity contribution in [3.63, 3.8) is 0 Å². The molecule has 1 heterocycles. The Morgan fingerprint density at radius 2 is 2.12 bits per heavy atom. The standard InChI is InChI=1S/C17H25N3O5/c1-24-14-4-2-3-13(11-14)16(22)19-15(12-21)17(23)18-5-6-20-7-9-25-10-8-20/h2-4,11,15,21H,5-10,12H2,1H3,(H,18,23)(H,19,22). The van der Waals surface area contributed by atoms with E-state index in [2.05, 4.69) is 15.5 Å². The largest absolute Gasteiger partial charge is 0.497 e. The number of hydrogen-bond donors (Lipinski definition) is 3. The van der Waals surface area contributed by atoms with Gasteiger partial charge in [0.2, 0.25) is 5.91 Å². The number of nitrogens with one attached hydrogen (secondary N) is 2. The topological polar surface area (TPSA) is 100 Å². The Bertz CT molecular complexity index is 575. The van der Waals surface area contributed by atoms with E-state index in [4.69, 9.17) is 9.47 Å². The highest BCUT2D eigenvalue weighted by Gasteiger charge is 2.21. The third-order valence-electron chi connectivity index (χ3n) is 3.97. The summed E-state index contributed by atoms with van der Waals surface area (Å²) < 4.78 is 10.3. The van der Waals surface area contributed by atoms with Crippen LogP contribution >= 0.6 is 0 Å². The summed E-state index contributed by atoms with van der Waals surface area (Å²) in [5, 5.41) is 14.7. The first-order valence-corrected chi connectivity index (χ1v) is 8.27. The number of aliphatic hydroxyl groups excluding tert-OH is 1. The van der Waals surface area contributed by atoms with Gasteiger partial charge in [-0.3, -0.25) is 14.5 Å². The Labute approximate surface area is 147 Å². The number of amides is 2. The van der Waals surface area contributed by atoms with E-state index in [0.717, 1.165) is 13.1 Å². The van der Waals surface area contributed by atoms with E-state index in [9.17, 15) is 14.7 Å². The number of hydrogen-bond acceptors (Lipinski definition) is 6. The molecule has 1 unspecified atom stereocenters. The minimum absolute atomic E-state index is 0.360. The first-order valence-electron chi connectivity index (χ1n) is 8.27. The minimum atomic E-state index is -0.997. The van der Waals surface area contributed by atoms with E-state index in [1.165, 1.54) is 7.11 Å². The van der Waals surface area contributed by atoms with Crippen LogP contribution in [0.1, 0.15) is 10.4 Å². The maximum Gasteiger partial charge on any atom is 0.252 e. The molecule has 1 aliphatic rings. The molecule has 2 rings (SSSR count). The molecule has 1 aromatic rings. The Morgan fingerprint density at radius 1 is 1.36 bits per heavy atom. The number of nitrogens with zero attached hydrogens (tertiary/aromatic N) is 1. The molecule has 0 radical (unpaired) electrons. The molecule has 1 saturated heterocycles. The second-order valence-corrected chi connectivity index (χ2v) is 5.69. The summed E-state index contributed by atoms with van der Waals surface area (Å²) in [4.78, 5) is 26.6. The van der Waals surface area contributed by atoms with Crippen molar-refractivity contribution in [2.75, 3.05) is 53.1 Å². The highest BCUT2D eigenvalue weighted by molar-refractivity contribution is 5.97. The van der Waals surface area contributed by atoms with Crippen LogP contribution < -0.4 is 15.4 Å². The molecule has 3 N–H and O–H groups in total. The highest BCUT2D eigenvalue weighted by Crippen LogP contribution is 2.12. The molecule has 1 aromatic carbocycles. The van der Waals surface area contributed by atoms with Crippen molar-refractivity contribution in [3.8, 4) is 5.75 Å². The number of morpholine rings is 1. The van der Waals surface area contributed by atoms with Crippen LogP contribution in [0.2, 0.25) is 0 Å². The number of rotatable bonds is 8. The molecule has 138 valence electrons. The number of aliphatic hydroxyl groups is 1. The predicted molar refractivity (Wildman–Crippen MR) is 91.6 cm³/mol. The molecule has 2 amide bonds. The summed E-state index contributed by atoms with van der Waals surface area (Å²) in [5.41, 5.74) is 0.360. The van der Waals surface area contributed by atoms with E-state index in [0.29, 0.717) is 37.6 Å². The predicted octanol–water partition coefficient (Wildman–Crippen LogP) is -0.766. The van der Waals surface area contributed by atoms with Gasteiger partial charge in [-0.1, -0.05) is 6.07 Å². The van der Waals surface area contributed by atoms with Crippen LogP contribution in [0.25, 0.3) is 0 Å². The van der Waals surface area contributed by atoms with Crippen LogP contribution in [0.5, 0.6) is 5.75 Å². The molecule has 8 nitrogen and oxygen atoms in total. The van der Waals surface area contributed by atoms with E-state index >= 15 is 0 Å². The number of benzene rings is 1. The Morgan fingerprint density at radius 3 is 2.80 bits per heavy atom. The molecule has 0 spiro atoms. The maximum absolute atomic E-state index is 12.2. The van der Waals surface area contributed by atoms with Gasteiger partial charge in [0.15, 0.2) is 0 Å². The van der Waals surface area contributed by atoms with Gasteiger partial charge in [-0.2, -0.15) is 0 Å². The Hall–Kier alpha value is -2.16. The van der Waals surface area contributed by atoms with Crippen LogP contribution in [0.4, 0.5) is 0 Å². The molecular formula is C17H25N3O5. The van der Waals surface area contributed by atoms with Gasteiger partial charge in [0.25, 0.3) is 5.91 Å². The lowest BCUT2D eigenvalue weighted by atomic mass is 10.2. The lowest BCUT2D eigenvalue weighted by molar-refractivity contribution is -0.123. The molecule has 1 fully saturated rings. The molecule has 1 aliphatic heterocycles. The smallest absolute Gasteiger partial charge is 0.252 e. The van der Waals surface area contributed by atoms with Gasteiger partial charge < -0.3 is 25.2 Å². The molecular weight excluding hydrogens is 326 g/mol. The summed E-state index contributed by atoms with van der Waals surface area (Å²) in [5.74, 6) is -0.309. The SMILES string of the molecule is COc1cccc(C(=O)NC(CO)C(=O)NCCN2CCOCC2)c1. The van der Waals surface area contributed by atoms with E-state index in [1.807, 2.05) is 0 Å². The molecule has 0 aliphatic carbocycles.